The first-order valence-electron chi connectivity index (χ1n) is 7.90. The molecule has 0 spiro atoms. The van der Waals surface area contributed by atoms with Gasteiger partial charge in [-0.3, -0.25) is 4.79 Å². The molecule has 0 aliphatic carbocycles. The highest BCUT2D eigenvalue weighted by Crippen LogP contribution is 2.17. The van der Waals surface area contributed by atoms with Gasteiger partial charge in [0.15, 0.2) is 0 Å². The van der Waals surface area contributed by atoms with Crippen molar-refractivity contribution in [1.82, 2.24) is 10.2 Å². The zero-order valence-corrected chi connectivity index (χ0v) is 13.2. The van der Waals surface area contributed by atoms with Crippen molar-refractivity contribution >= 4 is 5.91 Å². The number of nitrogens with one attached hydrogen (secondary N) is 1. The van der Waals surface area contributed by atoms with E-state index in [0.717, 1.165) is 37.7 Å². The number of likely N-dealkylation sites (tertiary alicyclic amines) is 1. The SMILES string of the molecule is CC(C)N1CCC(CNC(=O)CCc2cc(F)ccc2F)C1. The highest BCUT2D eigenvalue weighted by atomic mass is 19.1. The van der Waals surface area contributed by atoms with Crippen molar-refractivity contribution < 1.29 is 13.6 Å². The Morgan fingerprint density at radius 3 is 2.86 bits per heavy atom. The summed E-state index contributed by atoms with van der Waals surface area (Å²) in [6.45, 7) is 7.10. The number of nitrogens with zero attached hydrogens (tertiary/aromatic N) is 1. The summed E-state index contributed by atoms with van der Waals surface area (Å²) >= 11 is 0. The Hall–Kier alpha value is -1.49. The topological polar surface area (TPSA) is 32.3 Å². The molecule has 5 heteroatoms. The fourth-order valence-electron chi connectivity index (χ4n) is 2.83. The molecular formula is C17H24F2N2O. The summed E-state index contributed by atoms with van der Waals surface area (Å²) in [6.07, 6.45) is 1.50. The van der Waals surface area contributed by atoms with Crippen molar-refractivity contribution in [3.8, 4) is 0 Å². The van der Waals surface area contributed by atoms with Gasteiger partial charge in [-0.15, -0.1) is 0 Å². The zero-order valence-electron chi connectivity index (χ0n) is 13.2. The summed E-state index contributed by atoms with van der Waals surface area (Å²) in [5.41, 5.74) is 0.252. The van der Waals surface area contributed by atoms with Crippen LogP contribution in [0.15, 0.2) is 18.2 Å². The van der Waals surface area contributed by atoms with Gasteiger partial charge in [0, 0.05) is 25.6 Å². The average Bonchev–Trinajstić information content (AvgIpc) is 2.95. The Morgan fingerprint density at radius 2 is 2.18 bits per heavy atom. The van der Waals surface area contributed by atoms with Crippen molar-refractivity contribution in [3.63, 3.8) is 0 Å². The molecule has 1 aromatic carbocycles. The second-order valence-corrected chi connectivity index (χ2v) is 6.28. The number of halogens is 2. The van der Waals surface area contributed by atoms with Crippen LogP contribution < -0.4 is 5.32 Å². The van der Waals surface area contributed by atoms with Crippen molar-refractivity contribution in [3.05, 3.63) is 35.4 Å². The van der Waals surface area contributed by atoms with Gasteiger partial charge in [0.1, 0.15) is 11.6 Å². The minimum atomic E-state index is -0.475. The van der Waals surface area contributed by atoms with Crippen molar-refractivity contribution in [2.24, 2.45) is 5.92 Å². The van der Waals surface area contributed by atoms with E-state index in [0.29, 0.717) is 18.5 Å². The average molecular weight is 310 g/mol. The molecule has 1 aliphatic heterocycles. The number of carbonyl (C=O) groups excluding carboxylic acids is 1. The first kappa shape index (κ1) is 16.9. The van der Waals surface area contributed by atoms with Crippen LogP contribution in [0.3, 0.4) is 0 Å². The molecule has 1 heterocycles. The minimum Gasteiger partial charge on any atom is -0.356 e. The Morgan fingerprint density at radius 1 is 1.41 bits per heavy atom. The number of carbonyl (C=O) groups is 1. The smallest absolute Gasteiger partial charge is 0.220 e. The number of amides is 1. The number of rotatable bonds is 6. The third-order valence-corrected chi connectivity index (χ3v) is 4.26. The third kappa shape index (κ3) is 4.77. The summed E-state index contributed by atoms with van der Waals surface area (Å²) in [7, 11) is 0. The molecule has 2 rings (SSSR count). The lowest BCUT2D eigenvalue weighted by Gasteiger charge is -2.20. The summed E-state index contributed by atoms with van der Waals surface area (Å²) in [5.74, 6) is -0.557. The molecule has 0 saturated carbocycles. The van der Waals surface area contributed by atoms with Gasteiger partial charge in [0.2, 0.25) is 5.91 Å². The van der Waals surface area contributed by atoms with Gasteiger partial charge < -0.3 is 10.2 Å². The van der Waals surface area contributed by atoms with Gasteiger partial charge in [0.05, 0.1) is 0 Å². The van der Waals surface area contributed by atoms with Crippen LogP contribution in [0.25, 0.3) is 0 Å². The summed E-state index contributed by atoms with van der Waals surface area (Å²) in [5, 5.41) is 2.91. The molecule has 1 aromatic rings. The number of hydrogen-bond acceptors (Lipinski definition) is 2. The molecule has 22 heavy (non-hydrogen) atoms. The maximum atomic E-state index is 13.5. The van der Waals surface area contributed by atoms with Crippen molar-refractivity contribution in [2.75, 3.05) is 19.6 Å². The molecule has 122 valence electrons. The fourth-order valence-corrected chi connectivity index (χ4v) is 2.83. The van der Waals surface area contributed by atoms with E-state index in [1.807, 2.05) is 0 Å². The van der Waals surface area contributed by atoms with Crippen LogP contribution in [0.4, 0.5) is 8.78 Å². The lowest BCUT2D eigenvalue weighted by atomic mass is 10.1. The molecule has 1 N–H and O–H groups in total. The molecule has 0 radical (unpaired) electrons. The Labute approximate surface area is 130 Å². The molecule has 0 bridgehead atoms. The van der Waals surface area contributed by atoms with E-state index in [-0.39, 0.29) is 24.3 Å². The van der Waals surface area contributed by atoms with Gasteiger partial charge >= 0.3 is 0 Å². The lowest BCUT2D eigenvalue weighted by Crippen LogP contribution is -2.33. The Balaban J connectivity index is 1.71. The van der Waals surface area contributed by atoms with Crippen LogP contribution in [-0.2, 0) is 11.2 Å². The van der Waals surface area contributed by atoms with Crippen LogP contribution in [0.1, 0.15) is 32.3 Å². The first-order valence-corrected chi connectivity index (χ1v) is 7.90. The number of benzene rings is 1. The van der Waals surface area contributed by atoms with E-state index in [2.05, 4.69) is 24.1 Å². The largest absolute Gasteiger partial charge is 0.356 e. The molecule has 1 fully saturated rings. The number of aryl methyl sites for hydroxylation is 1. The standard InChI is InChI=1S/C17H24F2N2O/c1-12(2)21-8-7-13(11-21)10-20-17(22)6-3-14-9-15(18)4-5-16(14)19/h4-5,9,12-13H,3,6-8,10-11H2,1-2H3,(H,20,22). The molecule has 0 aromatic heterocycles. The van der Waals surface area contributed by atoms with E-state index in [1.165, 1.54) is 0 Å². The molecule has 1 atom stereocenters. The first-order chi connectivity index (χ1) is 10.5. The van der Waals surface area contributed by atoms with Gasteiger partial charge in [0.25, 0.3) is 0 Å². The van der Waals surface area contributed by atoms with Crippen LogP contribution in [0.5, 0.6) is 0 Å². The normalized spacial score (nSPS) is 18.9. The predicted molar refractivity (Wildman–Crippen MR) is 82.5 cm³/mol. The summed E-state index contributed by atoms with van der Waals surface area (Å²) < 4.78 is 26.5. The maximum absolute atomic E-state index is 13.5. The van der Waals surface area contributed by atoms with Gasteiger partial charge in [-0.1, -0.05) is 0 Å². The number of hydrogen-bond donors (Lipinski definition) is 1. The quantitative estimate of drug-likeness (QED) is 0.876. The van der Waals surface area contributed by atoms with Crippen LogP contribution in [-0.4, -0.2) is 36.5 Å². The van der Waals surface area contributed by atoms with E-state index in [9.17, 15) is 13.6 Å². The minimum absolute atomic E-state index is 0.105. The Bertz CT molecular complexity index is 519. The second-order valence-electron chi connectivity index (χ2n) is 6.28. The van der Waals surface area contributed by atoms with Crippen LogP contribution in [0.2, 0.25) is 0 Å². The monoisotopic (exact) mass is 310 g/mol. The van der Waals surface area contributed by atoms with E-state index in [4.69, 9.17) is 0 Å². The third-order valence-electron chi connectivity index (χ3n) is 4.26. The van der Waals surface area contributed by atoms with Gasteiger partial charge in [-0.2, -0.15) is 0 Å². The highest BCUT2D eigenvalue weighted by Gasteiger charge is 2.24. The van der Waals surface area contributed by atoms with Crippen molar-refractivity contribution in [2.45, 2.75) is 39.2 Å². The van der Waals surface area contributed by atoms with Crippen LogP contribution >= 0.6 is 0 Å². The molecule has 1 amide bonds. The molecule has 3 nitrogen and oxygen atoms in total. The summed E-state index contributed by atoms with van der Waals surface area (Å²) in [4.78, 5) is 14.2. The second kappa shape index (κ2) is 7.68. The van der Waals surface area contributed by atoms with Crippen molar-refractivity contribution in [1.29, 1.82) is 0 Å². The highest BCUT2D eigenvalue weighted by molar-refractivity contribution is 5.76. The van der Waals surface area contributed by atoms with E-state index >= 15 is 0 Å². The zero-order chi connectivity index (χ0) is 16.1. The molecule has 1 aliphatic rings. The molecular weight excluding hydrogens is 286 g/mol. The Kier molecular flexibility index (Phi) is 5.89. The van der Waals surface area contributed by atoms with Crippen LogP contribution in [0, 0.1) is 17.6 Å². The predicted octanol–water partition coefficient (Wildman–Crippen LogP) is 2.74. The lowest BCUT2D eigenvalue weighted by molar-refractivity contribution is -0.121. The molecule has 1 unspecified atom stereocenters. The fraction of sp³-hybridized carbons (Fsp3) is 0.588. The van der Waals surface area contributed by atoms with E-state index < -0.39 is 11.6 Å². The van der Waals surface area contributed by atoms with Gasteiger partial charge in [-0.05, 0) is 62.9 Å². The summed E-state index contributed by atoms with van der Waals surface area (Å²) in [6, 6.07) is 3.87. The maximum Gasteiger partial charge on any atom is 0.220 e. The molecule has 1 saturated heterocycles. The van der Waals surface area contributed by atoms with Gasteiger partial charge in [-0.25, -0.2) is 8.78 Å². The van der Waals surface area contributed by atoms with E-state index in [1.54, 1.807) is 0 Å².